The highest BCUT2D eigenvalue weighted by Gasteiger charge is 2.34. The number of aryl methyl sites for hydroxylation is 2. The molecule has 0 N–H and O–H groups in total. The minimum absolute atomic E-state index is 0.110. The summed E-state index contributed by atoms with van der Waals surface area (Å²) >= 11 is 0. The van der Waals surface area contributed by atoms with E-state index >= 15 is 0 Å². The third kappa shape index (κ3) is 6.39. The quantitative estimate of drug-likeness (QED) is 0.285. The lowest BCUT2D eigenvalue weighted by atomic mass is 9.84. The highest BCUT2D eigenvalue weighted by Crippen LogP contribution is 2.33. The molecule has 0 radical (unpaired) electrons. The predicted octanol–water partition coefficient (Wildman–Crippen LogP) is 6.74. The van der Waals surface area contributed by atoms with Crippen LogP contribution in [0.25, 0.3) is 11.0 Å². The summed E-state index contributed by atoms with van der Waals surface area (Å²) in [5.41, 5.74) is 0.607. The van der Waals surface area contributed by atoms with Crippen molar-refractivity contribution in [2.24, 2.45) is 0 Å². The maximum absolute atomic E-state index is 13.4. The summed E-state index contributed by atoms with van der Waals surface area (Å²) < 4.78 is 53.8. The number of rotatable bonds is 3. The van der Waals surface area contributed by atoms with Crippen LogP contribution in [0.2, 0.25) is 0 Å². The first-order valence-corrected chi connectivity index (χ1v) is 12.2. The van der Waals surface area contributed by atoms with E-state index in [4.69, 9.17) is 0 Å². The zero-order valence-corrected chi connectivity index (χ0v) is 20.7. The van der Waals surface area contributed by atoms with Crippen LogP contribution in [0.15, 0.2) is 59.7 Å². The molecule has 0 saturated heterocycles. The van der Waals surface area contributed by atoms with Gasteiger partial charge in [0.15, 0.2) is 0 Å². The summed E-state index contributed by atoms with van der Waals surface area (Å²) in [6.07, 6.45) is 3.44. The molecule has 0 atom stereocenters. The topological polar surface area (TPSA) is 60.7 Å². The monoisotopic (exact) mass is 512 g/mol. The van der Waals surface area contributed by atoms with Crippen LogP contribution in [0.3, 0.4) is 0 Å². The smallest absolute Gasteiger partial charge is 0.286 e. The second-order valence-electron chi connectivity index (χ2n) is 9.32. The summed E-state index contributed by atoms with van der Waals surface area (Å²) in [6, 6.07) is 10.5. The summed E-state index contributed by atoms with van der Waals surface area (Å²) in [5, 5.41) is 0.653. The molecule has 37 heavy (non-hydrogen) atoms. The Kier molecular flexibility index (Phi) is 8.00. The van der Waals surface area contributed by atoms with Crippen molar-refractivity contribution in [3.8, 4) is 0 Å². The number of halogens is 4. The van der Waals surface area contributed by atoms with Gasteiger partial charge >= 0.3 is 6.18 Å². The Morgan fingerprint density at radius 2 is 1.76 bits per heavy atom. The van der Waals surface area contributed by atoms with Crippen LogP contribution >= 0.6 is 0 Å². The van der Waals surface area contributed by atoms with Crippen molar-refractivity contribution in [3.63, 3.8) is 0 Å². The number of alkyl halides is 3. The molecule has 4 aromatic rings. The number of pyridine rings is 2. The van der Waals surface area contributed by atoms with Gasteiger partial charge in [0, 0.05) is 23.3 Å². The van der Waals surface area contributed by atoms with Crippen molar-refractivity contribution in [2.45, 2.75) is 64.6 Å². The molecule has 1 aliphatic carbocycles. The first-order chi connectivity index (χ1) is 17.6. The molecule has 3 aromatic heterocycles. The van der Waals surface area contributed by atoms with E-state index in [1.165, 1.54) is 29.0 Å². The highest BCUT2D eigenvalue weighted by atomic mass is 19.4. The van der Waals surface area contributed by atoms with Crippen LogP contribution in [0.1, 0.15) is 66.2 Å². The molecule has 0 spiro atoms. The Morgan fingerprint density at radius 3 is 2.41 bits per heavy atom. The molecule has 0 aliphatic heterocycles. The molecule has 5 rings (SSSR count). The molecule has 1 aromatic carbocycles. The van der Waals surface area contributed by atoms with Crippen LogP contribution in [-0.4, -0.2) is 19.5 Å². The van der Waals surface area contributed by atoms with E-state index in [1.807, 2.05) is 19.1 Å². The van der Waals surface area contributed by atoms with E-state index < -0.39 is 11.7 Å². The molecule has 0 amide bonds. The number of benzene rings is 1. The average molecular weight is 513 g/mol. The molecule has 9 heteroatoms. The van der Waals surface area contributed by atoms with Gasteiger partial charge in [-0.3, -0.25) is 14.3 Å². The molecule has 5 nitrogen and oxygen atoms in total. The maximum atomic E-state index is 13.4. The van der Waals surface area contributed by atoms with Gasteiger partial charge in [-0.1, -0.05) is 31.4 Å². The summed E-state index contributed by atoms with van der Waals surface area (Å²) in [5.74, 6) is 0.400. The van der Waals surface area contributed by atoms with Gasteiger partial charge in [0.05, 0.1) is 17.8 Å². The Morgan fingerprint density at radius 1 is 1.00 bits per heavy atom. The van der Waals surface area contributed by atoms with E-state index in [1.54, 1.807) is 19.2 Å². The Balaban J connectivity index is 0.000000342. The van der Waals surface area contributed by atoms with Gasteiger partial charge in [-0.15, -0.1) is 0 Å². The number of aromatic nitrogens is 4. The van der Waals surface area contributed by atoms with E-state index in [0.717, 1.165) is 43.7 Å². The Labute approximate surface area is 212 Å². The first-order valence-electron chi connectivity index (χ1n) is 12.2. The van der Waals surface area contributed by atoms with Crippen LogP contribution in [0.5, 0.6) is 0 Å². The van der Waals surface area contributed by atoms with Gasteiger partial charge < -0.3 is 0 Å². The lowest BCUT2D eigenvalue weighted by molar-refractivity contribution is -0.138. The second kappa shape index (κ2) is 11.2. The van der Waals surface area contributed by atoms with Crippen molar-refractivity contribution in [1.82, 2.24) is 19.5 Å². The molecule has 0 bridgehead atoms. The van der Waals surface area contributed by atoms with Crippen molar-refractivity contribution < 1.29 is 17.6 Å². The standard InChI is InChI=1S/C21H21F3N4O.C7H7F/c1-13-26-11-15-10-16(14-6-3-2-4-7-14)20(29)28(19(15)27-13)12-18-17(21(22,23)24)8-5-9-25-18;1-6-3-2-4-7(8)5-6/h5,8-11,14H,2-4,6-7,12H2,1H3;2-5H,1H3. The van der Waals surface area contributed by atoms with Crippen molar-refractivity contribution >= 4 is 11.0 Å². The number of fused-ring (bicyclic) bond motifs is 1. The van der Waals surface area contributed by atoms with Gasteiger partial charge in [-0.05, 0) is 68.5 Å². The van der Waals surface area contributed by atoms with Gasteiger partial charge in [0.1, 0.15) is 17.3 Å². The Bertz CT molecular complexity index is 1430. The molecule has 1 aliphatic rings. The third-order valence-corrected chi connectivity index (χ3v) is 6.50. The van der Waals surface area contributed by atoms with Crippen molar-refractivity contribution in [2.75, 3.05) is 0 Å². The number of nitrogens with zero attached hydrogens (tertiary/aromatic N) is 4. The van der Waals surface area contributed by atoms with E-state index in [0.29, 0.717) is 22.4 Å². The molecule has 0 unspecified atom stereocenters. The molecule has 194 valence electrons. The van der Waals surface area contributed by atoms with Gasteiger partial charge in [-0.25, -0.2) is 14.4 Å². The van der Waals surface area contributed by atoms with Crippen LogP contribution in [-0.2, 0) is 12.7 Å². The highest BCUT2D eigenvalue weighted by molar-refractivity contribution is 5.75. The molecule has 1 fully saturated rings. The maximum Gasteiger partial charge on any atom is 0.418 e. The minimum atomic E-state index is -4.55. The summed E-state index contributed by atoms with van der Waals surface area (Å²) in [4.78, 5) is 25.8. The minimum Gasteiger partial charge on any atom is -0.286 e. The predicted molar refractivity (Wildman–Crippen MR) is 134 cm³/mol. The normalized spacial score (nSPS) is 14.3. The second-order valence-corrected chi connectivity index (χ2v) is 9.32. The fraction of sp³-hybridized carbons (Fsp3) is 0.357. The van der Waals surface area contributed by atoms with E-state index in [9.17, 15) is 22.4 Å². The van der Waals surface area contributed by atoms with Gasteiger partial charge in [-0.2, -0.15) is 13.2 Å². The van der Waals surface area contributed by atoms with E-state index in [-0.39, 0.29) is 29.5 Å². The molecular formula is C28H28F4N4O. The zero-order chi connectivity index (χ0) is 26.6. The average Bonchev–Trinajstić information content (AvgIpc) is 2.86. The lowest BCUT2D eigenvalue weighted by Crippen LogP contribution is -2.29. The summed E-state index contributed by atoms with van der Waals surface area (Å²) in [6.45, 7) is 3.26. The van der Waals surface area contributed by atoms with Crippen LogP contribution in [0, 0.1) is 19.7 Å². The van der Waals surface area contributed by atoms with Crippen molar-refractivity contribution in [3.05, 3.63) is 99.2 Å². The van der Waals surface area contributed by atoms with E-state index in [2.05, 4.69) is 15.0 Å². The van der Waals surface area contributed by atoms with Crippen LogP contribution in [0.4, 0.5) is 17.6 Å². The fourth-order valence-electron chi connectivity index (χ4n) is 4.70. The Hall–Kier alpha value is -3.62. The third-order valence-electron chi connectivity index (χ3n) is 6.50. The van der Waals surface area contributed by atoms with Crippen LogP contribution < -0.4 is 5.56 Å². The van der Waals surface area contributed by atoms with Crippen molar-refractivity contribution in [1.29, 1.82) is 0 Å². The van der Waals surface area contributed by atoms with Gasteiger partial charge in [0.25, 0.3) is 5.56 Å². The number of hydrogen-bond donors (Lipinski definition) is 0. The fourth-order valence-corrected chi connectivity index (χ4v) is 4.70. The molecule has 1 saturated carbocycles. The van der Waals surface area contributed by atoms with Gasteiger partial charge in [0.2, 0.25) is 0 Å². The lowest BCUT2D eigenvalue weighted by Gasteiger charge is -2.23. The molecular weight excluding hydrogens is 484 g/mol. The number of hydrogen-bond acceptors (Lipinski definition) is 4. The molecule has 3 heterocycles. The SMILES string of the molecule is Cc1cccc(F)c1.Cc1ncc2cc(C3CCCCC3)c(=O)n(Cc3ncccc3C(F)(F)F)c2n1. The first kappa shape index (κ1) is 26.4. The largest absolute Gasteiger partial charge is 0.418 e. The zero-order valence-electron chi connectivity index (χ0n) is 20.7. The summed E-state index contributed by atoms with van der Waals surface area (Å²) in [7, 11) is 0.